The number of carbonyl (C=O) groups excluding carboxylic acids is 2. The van der Waals surface area contributed by atoms with Gasteiger partial charge in [0.15, 0.2) is 0 Å². The molecule has 1 saturated heterocycles. The molecule has 0 spiro atoms. The van der Waals surface area contributed by atoms with Crippen LogP contribution in [0.1, 0.15) is 31.4 Å². The minimum absolute atomic E-state index is 0.00590. The second-order valence-electron chi connectivity index (χ2n) is 12.7. The number of amides is 2. The van der Waals surface area contributed by atoms with Gasteiger partial charge in [0.2, 0.25) is 11.8 Å². The summed E-state index contributed by atoms with van der Waals surface area (Å²) in [4.78, 5) is 32.6. The van der Waals surface area contributed by atoms with Crippen molar-refractivity contribution >= 4 is 17.5 Å². The van der Waals surface area contributed by atoms with E-state index >= 15 is 0 Å². The summed E-state index contributed by atoms with van der Waals surface area (Å²) in [5, 5.41) is 13.0. The van der Waals surface area contributed by atoms with Crippen molar-refractivity contribution in [3.05, 3.63) is 83.9 Å². The molecule has 1 fully saturated rings. The minimum atomic E-state index is -0.318. The zero-order valence-electron chi connectivity index (χ0n) is 27.4. The molecule has 46 heavy (non-hydrogen) atoms. The van der Waals surface area contributed by atoms with E-state index in [1.807, 2.05) is 43.3 Å². The van der Waals surface area contributed by atoms with E-state index in [9.17, 15) is 14.7 Å². The molecule has 0 bridgehead atoms. The minimum Gasteiger partial charge on any atom is -0.488 e. The summed E-state index contributed by atoms with van der Waals surface area (Å²) in [7, 11) is 2.09. The molecule has 2 aliphatic heterocycles. The van der Waals surface area contributed by atoms with Gasteiger partial charge in [0, 0.05) is 62.9 Å². The van der Waals surface area contributed by atoms with Crippen molar-refractivity contribution in [1.29, 1.82) is 0 Å². The number of fused-ring (bicyclic) bond motifs is 1. The number of hydrogen-bond donors (Lipinski definition) is 2. The molecule has 0 aliphatic carbocycles. The number of rotatable bonds is 11. The molecule has 3 aromatic rings. The van der Waals surface area contributed by atoms with Crippen LogP contribution in [-0.2, 0) is 27.3 Å². The average Bonchev–Trinajstić information content (AvgIpc) is 3.11. The van der Waals surface area contributed by atoms with Crippen LogP contribution in [0.3, 0.4) is 0 Å². The van der Waals surface area contributed by atoms with E-state index in [2.05, 4.69) is 65.5 Å². The van der Waals surface area contributed by atoms with Gasteiger partial charge in [0.25, 0.3) is 0 Å². The Labute approximate surface area is 273 Å². The molecule has 0 radical (unpaired) electrons. The van der Waals surface area contributed by atoms with Crippen molar-refractivity contribution in [3.63, 3.8) is 0 Å². The highest BCUT2D eigenvalue weighted by atomic mass is 16.5. The fourth-order valence-corrected chi connectivity index (χ4v) is 6.15. The summed E-state index contributed by atoms with van der Waals surface area (Å²) in [5.74, 6) is 0.519. The van der Waals surface area contributed by atoms with Crippen molar-refractivity contribution < 1.29 is 24.2 Å². The van der Waals surface area contributed by atoms with Crippen molar-refractivity contribution in [2.45, 2.75) is 45.4 Å². The van der Waals surface area contributed by atoms with Crippen LogP contribution in [0, 0.1) is 5.92 Å². The molecular weight excluding hydrogens is 580 g/mol. The van der Waals surface area contributed by atoms with Crippen molar-refractivity contribution in [3.8, 4) is 16.9 Å². The first-order chi connectivity index (χ1) is 22.3. The highest BCUT2D eigenvalue weighted by molar-refractivity contribution is 5.91. The molecule has 0 aromatic heterocycles. The van der Waals surface area contributed by atoms with Gasteiger partial charge in [0.05, 0.1) is 32.3 Å². The van der Waals surface area contributed by atoms with E-state index < -0.39 is 0 Å². The van der Waals surface area contributed by atoms with Gasteiger partial charge < -0.3 is 24.8 Å². The first-order valence-electron chi connectivity index (χ1n) is 16.4. The number of likely N-dealkylation sites (N-methyl/N-ethyl adjacent to an activating group) is 1. The molecule has 2 aliphatic rings. The Balaban J connectivity index is 1.29. The van der Waals surface area contributed by atoms with Crippen LogP contribution in [0.15, 0.2) is 72.8 Å². The van der Waals surface area contributed by atoms with E-state index in [-0.39, 0.29) is 42.9 Å². The summed E-state index contributed by atoms with van der Waals surface area (Å²) in [6.45, 7) is 9.48. The summed E-state index contributed by atoms with van der Waals surface area (Å²) in [6.07, 6.45) is 0.302. The van der Waals surface area contributed by atoms with E-state index in [0.717, 1.165) is 25.2 Å². The molecule has 0 saturated carbocycles. The normalized spacial score (nSPS) is 19.8. The van der Waals surface area contributed by atoms with Crippen LogP contribution in [0.4, 0.5) is 5.69 Å². The Morgan fingerprint density at radius 2 is 1.76 bits per heavy atom. The Hall–Kier alpha value is -3.76. The van der Waals surface area contributed by atoms with Gasteiger partial charge in [-0.2, -0.15) is 0 Å². The van der Waals surface area contributed by atoms with E-state index in [1.165, 1.54) is 16.7 Å². The number of hydrogen-bond acceptors (Lipinski definition) is 7. The van der Waals surface area contributed by atoms with Gasteiger partial charge in [-0.25, -0.2) is 0 Å². The zero-order chi connectivity index (χ0) is 32.5. The molecule has 2 amide bonds. The van der Waals surface area contributed by atoms with Crippen LogP contribution < -0.4 is 10.1 Å². The van der Waals surface area contributed by atoms with Gasteiger partial charge >= 0.3 is 0 Å². The maximum absolute atomic E-state index is 13.6. The van der Waals surface area contributed by atoms with Crippen molar-refractivity contribution in [1.82, 2.24) is 14.7 Å². The largest absolute Gasteiger partial charge is 0.488 e. The second kappa shape index (κ2) is 16.2. The second-order valence-corrected chi connectivity index (χ2v) is 12.7. The van der Waals surface area contributed by atoms with Gasteiger partial charge in [0.1, 0.15) is 11.9 Å². The molecule has 3 atom stereocenters. The van der Waals surface area contributed by atoms with Crippen molar-refractivity contribution in [2.75, 3.05) is 64.9 Å². The standard InChI is InChI=1S/C37H48N4O5/c1-27-23-41(28(2)26-42)37(44)22-32-21-33(38-36(43)15-16-40-17-19-45-20-18-40)13-14-34(32)46-35(27)25-39(3)24-29-9-11-31(12-10-29)30-7-5-4-6-8-30/h4-14,21,27-28,35,42H,15-20,22-26H2,1-3H3,(H,38,43)/t27-,28+,35+/m0/s1. The number of morpholine rings is 1. The lowest BCUT2D eigenvalue weighted by molar-refractivity contribution is -0.134. The quantitative estimate of drug-likeness (QED) is 0.327. The first-order valence-corrected chi connectivity index (χ1v) is 16.4. The Morgan fingerprint density at radius 3 is 2.48 bits per heavy atom. The van der Waals surface area contributed by atoms with E-state index in [0.29, 0.717) is 50.7 Å². The number of ether oxygens (including phenoxy) is 2. The highest BCUT2D eigenvalue weighted by Crippen LogP contribution is 2.29. The topological polar surface area (TPSA) is 94.6 Å². The molecule has 0 unspecified atom stereocenters. The highest BCUT2D eigenvalue weighted by Gasteiger charge is 2.31. The third-order valence-corrected chi connectivity index (χ3v) is 8.96. The molecule has 246 valence electrons. The lowest BCUT2D eigenvalue weighted by Gasteiger charge is -2.34. The Bertz CT molecular complexity index is 1430. The van der Waals surface area contributed by atoms with Gasteiger partial charge in [-0.3, -0.25) is 19.4 Å². The van der Waals surface area contributed by atoms with Crippen molar-refractivity contribution in [2.24, 2.45) is 5.92 Å². The van der Waals surface area contributed by atoms with E-state index in [1.54, 1.807) is 4.90 Å². The fourth-order valence-electron chi connectivity index (χ4n) is 6.15. The lowest BCUT2D eigenvalue weighted by Crippen LogP contribution is -2.47. The first kappa shape index (κ1) is 33.6. The smallest absolute Gasteiger partial charge is 0.227 e. The third kappa shape index (κ3) is 9.16. The van der Waals surface area contributed by atoms with Crippen LogP contribution in [-0.4, -0.2) is 103 Å². The molecule has 9 nitrogen and oxygen atoms in total. The number of anilines is 1. The van der Waals surface area contributed by atoms with Crippen LogP contribution >= 0.6 is 0 Å². The van der Waals surface area contributed by atoms with Gasteiger partial charge in [-0.05, 0) is 48.9 Å². The lowest BCUT2D eigenvalue weighted by atomic mass is 10.0. The summed E-state index contributed by atoms with van der Waals surface area (Å²) < 4.78 is 12.1. The monoisotopic (exact) mass is 628 g/mol. The summed E-state index contributed by atoms with van der Waals surface area (Å²) >= 11 is 0. The number of nitrogens with one attached hydrogen (secondary N) is 1. The van der Waals surface area contributed by atoms with Gasteiger partial charge in [-0.15, -0.1) is 0 Å². The van der Waals surface area contributed by atoms with Gasteiger partial charge in [-0.1, -0.05) is 61.5 Å². The fraction of sp³-hybridized carbons (Fsp3) is 0.459. The SMILES string of the molecule is C[C@H](CO)N1C[C@H](C)[C@@H](CN(C)Cc2ccc(-c3ccccc3)cc2)Oc2ccc(NC(=O)CCN3CCOCC3)cc2CC1=O. The number of benzene rings is 3. The zero-order valence-corrected chi connectivity index (χ0v) is 27.4. The Morgan fingerprint density at radius 1 is 1.04 bits per heavy atom. The molecular formula is C37H48N4O5. The number of aliphatic hydroxyl groups is 1. The predicted molar refractivity (Wildman–Crippen MR) is 181 cm³/mol. The van der Waals surface area contributed by atoms with Crippen LogP contribution in [0.25, 0.3) is 11.1 Å². The number of carbonyl (C=O) groups is 2. The predicted octanol–water partition coefficient (Wildman–Crippen LogP) is 4.30. The number of nitrogens with zero attached hydrogens (tertiary/aromatic N) is 3. The summed E-state index contributed by atoms with van der Waals surface area (Å²) in [6, 6.07) is 24.3. The Kier molecular flexibility index (Phi) is 11.8. The molecule has 5 rings (SSSR count). The maximum Gasteiger partial charge on any atom is 0.227 e. The number of aliphatic hydroxyl groups excluding tert-OH is 1. The molecule has 3 aromatic carbocycles. The van der Waals surface area contributed by atoms with Crippen LogP contribution in [0.2, 0.25) is 0 Å². The summed E-state index contributed by atoms with van der Waals surface area (Å²) in [5.41, 5.74) is 4.96. The maximum atomic E-state index is 13.6. The third-order valence-electron chi connectivity index (χ3n) is 8.96. The average molecular weight is 629 g/mol. The van der Waals surface area contributed by atoms with E-state index in [4.69, 9.17) is 9.47 Å². The molecule has 2 N–H and O–H groups in total. The molecule has 9 heteroatoms. The molecule has 2 heterocycles. The van der Waals surface area contributed by atoms with Crippen LogP contribution in [0.5, 0.6) is 5.75 Å².